The molecular formula is C21H25NO2. The molecule has 3 nitrogen and oxygen atoms in total. The van der Waals surface area contributed by atoms with Gasteiger partial charge in [0.25, 0.3) is 0 Å². The number of ether oxygens (including phenoxy) is 1. The molecule has 3 rings (SSSR count). The van der Waals surface area contributed by atoms with Crippen LogP contribution in [0.1, 0.15) is 43.2 Å². The van der Waals surface area contributed by atoms with Crippen molar-refractivity contribution in [2.45, 2.75) is 44.4 Å². The fraction of sp³-hybridized carbons (Fsp3) is 0.381. The van der Waals surface area contributed by atoms with Gasteiger partial charge in [0, 0.05) is 5.69 Å². The maximum atomic E-state index is 13.2. The van der Waals surface area contributed by atoms with E-state index in [0.717, 1.165) is 42.7 Å². The van der Waals surface area contributed by atoms with Crippen LogP contribution in [0.3, 0.4) is 0 Å². The average Bonchev–Trinajstić information content (AvgIpc) is 2.63. The predicted molar refractivity (Wildman–Crippen MR) is 97.6 cm³/mol. The molecule has 0 atom stereocenters. The van der Waals surface area contributed by atoms with Gasteiger partial charge in [-0.1, -0.05) is 49.1 Å². The molecule has 2 aromatic carbocycles. The quantitative estimate of drug-likeness (QED) is 0.874. The highest BCUT2D eigenvalue weighted by Crippen LogP contribution is 2.40. The molecule has 0 radical (unpaired) electrons. The number of hydrogen-bond acceptors (Lipinski definition) is 2. The number of hydrogen-bond donors (Lipinski definition) is 1. The minimum atomic E-state index is -0.411. The van der Waals surface area contributed by atoms with E-state index in [1.54, 1.807) is 7.11 Å². The number of rotatable bonds is 4. The van der Waals surface area contributed by atoms with Gasteiger partial charge < -0.3 is 10.1 Å². The van der Waals surface area contributed by atoms with Crippen LogP contribution in [0.15, 0.2) is 48.5 Å². The Labute approximate surface area is 144 Å². The molecule has 126 valence electrons. The lowest BCUT2D eigenvalue weighted by Gasteiger charge is -2.36. The first-order chi connectivity index (χ1) is 11.6. The zero-order chi connectivity index (χ0) is 17.0. The number of amides is 1. The Balaban J connectivity index is 1.87. The van der Waals surface area contributed by atoms with Gasteiger partial charge >= 0.3 is 0 Å². The highest BCUT2D eigenvalue weighted by atomic mass is 16.5. The first-order valence-electron chi connectivity index (χ1n) is 8.67. The molecule has 0 aromatic heterocycles. The molecule has 1 aliphatic rings. The number of methoxy groups -OCH3 is 1. The predicted octanol–water partition coefficient (Wildman–Crippen LogP) is 4.84. The lowest BCUT2D eigenvalue weighted by Crippen LogP contribution is -2.42. The average molecular weight is 323 g/mol. The summed E-state index contributed by atoms with van der Waals surface area (Å²) in [6, 6.07) is 16.0. The van der Waals surface area contributed by atoms with Gasteiger partial charge in [0.05, 0.1) is 12.5 Å². The van der Waals surface area contributed by atoms with Crippen LogP contribution in [0.5, 0.6) is 5.75 Å². The number of carbonyl (C=O) groups excluding carboxylic acids is 1. The molecule has 2 aromatic rings. The zero-order valence-corrected chi connectivity index (χ0v) is 14.5. The van der Waals surface area contributed by atoms with Crippen LogP contribution in [0, 0.1) is 6.92 Å². The molecule has 0 spiro atoms. The molecule has 0 heterocycles. The minimum Gasteiger partial charge on any atom is -0.497 e. The van der Waals surface area contributed by atoms with Crippen LogP contribution in [-0.2, 0) is 10.2 Å². The maximum absolute atomic E-state index is 13.2. The second-order valence-electron chi connectivity index (χ2n) is 6.69. The summed E-state index contributed by atoms with van der Waals surface area (Å²) in [6.07, 6.45) is 5.24. The van der Waals surface area contributed by atoms with Crippen molar-refractivity contribution in [2.24, 2.45) is 0 Å². The van der Waals surface area contributed by atoms with Crippen molar-refractivity contribution < 1.29 is 9.53 Å². The van der Waals surface area contributed by atoms with Crippen molar-refractivity contribution in [3.05, 3.63) is 59.7 Å². The van der Waals surface area contributed by atoms with Crippen LogP contribution in [-0.4, -0.2) is 13.0 Å². The Bertz CT molecular complexity index is 683. The Morgan fingerprint density at radius 2 is 1.58 bits per heavy atom. The van der Waals surface area contributed by atoms with Crippen molar-refractivity contribution in [1.82, 2.24) is 0 Å². The standard InChI is InChI=1S/C21H25NO2/c1-16-6-8-17(9-7-16)21(14-4-3-5-15-21)20(23)22-18-10-12-19(24-2)13-11-18/h6-13H,3-5,14-15H2,1-2H3,(H,22,23). The first kappa shape index (κ1) is 16.6. The number of anilines is 1. The van der Waals surface area contributed by atoms with Gasteiger partial charge in [-0.15, -0.1) is 0 Å². The van der Waals surface area contributed by atoms with Gasteiger partial charge in [-0.2, -0.15) is 0 Å². The number of benzene rings is 2. The van der Waals surface area contributed by atoms with E-state index in [2.05, 4.69) is 36.5 Å². The van der Waals surface area contributed by atoms with Gasteiger partial charge in [-0.05, 0) is 49.6 Å². The fourth-order valence-corrected chi connectivity index (χ4v) is 3.60. The summed E-state index contributed by atoms with van der Waals surface area (Å²) in [4.78, 5) is 13.2. The Hall–Kier alpha value is -2.29. The van der Waals surface area contributed by atoms with Crippen LogP contribution in [0.2, 0.25) is 0 Å². The molecular weight excluding hydrogens is 298 g/mol. The Kier molecular flexibility index (Phi) is 4.89. The third-order valence-corrected chi connectivity index (χ3v) is 5.09. The molecule has 0 bridgehead atoms. The molecule has 1 saturated carbocycles. The molecule has 1 aliphatic carbocycles. The highest BCUT2D eigenvalue weighted by Gasteiger charge is 2.41. The maximum Gasteiger partial charge on any atom is 0.235 e. The molecule has 1 N–H and O–H groups in total. The molecule has 0 saturated heterocycles. The van der Waals surface area contributed by atoms with Crippen molar-refractivity contribution >= 4 is 11.6 Å². The SMILES string of the molecule is COc1ccc(NC(=O)C2(c3ccc(C)cc3)CCCCC2)cc1. The van der Waals surface area contributed by atoms with Crippen LogP contribution >= 0.6 is 0 Å². The molecule has 0 unspecified atom stereocenters. The largest absolute Gasteiger partial charge is 0.497 e. The van der Waals surface area contributed by atoms with Gasteiger partial charge in [-0.3, -0.25) is 4.79 Å². The summed E-state index contributed by atoms with van der Waals surface area (Å²) in [5.74, 6) is 0.898. The fourth-order valence-electron chi connectivity index (χ4n) is 3.60. The monoisotopic (exact) mass is 323 g/mol. The van der Waals surface area contributed by atoms with Gasteiger partial charge in [-0.25, -0.2) is 0 Å². The van der Waals surface area contributed by atoms with Crippen molar-refractivity contribution in [3.63, 3.8) is 0 Å². The molecule has 24 heavy (non-hydrogen) atoms. The van der Waals surface area contributed by atoms with E-state index in [1.807, 2.05) is 24.3 Å². The van der Waals surface area contributed by atoms with E-state index in [1.165, 1.54) is 12.0 Å². The van der Waals surface area contributed by atoms with Crippen molar-refractivity contribution in [3.8, 4) is 5.75 Å². The smallest absolute Gasteiger partial charge is 0.235 e. The summed E-state index contributed by atoms with van der Waals surface area (Å²) < 4.78 is 5.18. The van der Waals surface area contributed by atoms with Crippen LogP contribution in [0.25, 0.3) is 0 Å². The minimum absolute atomic E-state index is 0.108. The summed E-state index contributed by atoms with van der Waals surface area (Å²) in [7, 11) is 1.64. The summed E-state index contributed by atoms with van der Waals surface area (Å²) in [5.41, 5.74) is 2.77. The molecule has 1 amide bonds. The number of nitrogens with one attached hydrogen (secondary N) is 1. The molecule has 1 fully saturated rings. The zero-order valence-electron chi connectivity index (χ0n) is 14.5. The van der Waals surface area contributed by atoms with Crippen LogP contribution < -0.4 is 10.1 Å². The van der Waals surface area contributed by atoms with E-state index in [-0.39, 0.29) is 5.91 Å². The third kappa shape index (κ3) is 3.30. The second-order valence-corrected chi connectivity index (χ2v) is 6.69. The summed E-state index contributed by atoms with van der Waals surface area (Å²) >= 11 is 0. The number of carbonyl (C=O) groups is 1. The van der Waals surface area contributed by atoms with Crippen molar-refractivity contribution in [1.29, 1.82) is 0 Å². The van der Waals surface area contributed by atoms with Gasteiger partial charge in [0.1, 0.15) is 5.75 Å². The Morgan fingerprint density at radius 3 is 2.17 bits per heavy atom. The van der Waals surface area contributed by atoms with E-state index < -0.39 is 5.41 Å². The lowest BCUT2D eigenvalue weighted by atomic mass is 9.68. The van der Waals surface area contributed by atoms with E-state index in [9.17, 15) is 4.79 Å². The third-order valence-electron chi connectivity index (χ3n) is 5.09. The van der Waals surface area contributed by atoms with Crippen molar-refractivity contribution in [2.75, 3.05) is 12.4 Å². The molecule has 0 aliphatic heterocycles. The van der Waals surface area contributed by atoms with E-state index in [0.29, 0.717) is 0 Å². The summed E-state index contributed by atoms with van der Waals surface area (Å²) in [5, 5.41) is 3.12. The normalized spacial score (nSPS) is 16.4. The van der Waals surface area contributed by atoms with E-state index in [4.69, 9.17) is 4.74 Å². The van der Waals surface area contributed by atoms with Gasteiger partial charge in [0.15, 0.2) is 0 Å². The van der Waals surface area contributed by atoms with Gasteiger partial charge in [0.2, 0.25) is 5.91 Å². The Morgan fingerprint density at radius 1 is 0.958 bits per heavy atom. The van der Waals surface area contributed by atoms with E-state index >= 15 is 0 Å². The highest BCUT2D eigenvalue weighted by molar-refractivity contribution is 5.99. The second kappa shape index (κ2) is 7.08. The number of aryl methyl sites for hydroxylation is 1. The van der Waals surface area contributed by atoms with Crippen LogP contribution in [0.4, 0.5) is 5.69 Å². The molecule has 3 heteroatoms. The first-order valence-corrected chi connectivity index (χ1v) is 8.67. The summed E-state index contributed by atoms with van der Waals surface area (Å²) in [6.45, 7) is 2.08. The topological polar surface area (TPSA) is 38.3 Å². The lowest BCUT2D eigenvalue weighted by molar-refractivity contribution is -0.122.